The number of aromatic nitrogens is 1. The third-order valence-corrected chi connectivity index (χ3v) is 4.31. The van der Waals surface area contributed by atoms with Crippen LogP contribution in [-0.4, -0.2) is 11.6 Å². The number of rotatable bonds is 1. The molecule has 2 aromatic carbocycles. The van der Waals surface area contributed by atoms with Gasteiger partial charge in [0.25, 0.3) is 0 Å². The van der Waals surface area contributed by atoms with Crippen LogP contribution < -0.4 is 4.74 Å². The summed E-state index contributed by atoms with van der Waals surface area (Å²) in [4.78, 5) is 4.87. The number of hydrogen-bond acceptors (Lipinski definition) is 2. The van der Waals surface area contributed by atoms with E-state index in [4.69, 9.17) is 9.72 Å². The molecule has 0 bridgehead atoms. The Balaban J connectivity index is 2.06. The number of pyridine rings is 1. The van der Waals surface area contributed by atoms with Crippen molar-refractivity contribution < 1.29 is 4.74 Å². The molecule has 0 atom stereocenters. The highest BCUT2D eigenvalue weighted by Crippen LogP contribution is 2.39. The molecule has 0 unspecified atom stereocenters. The molecule has 0 aliphatic carbocycles. The van der Waals surface area contributed by atoms with Gasteiger partial charge in [0.1, 0.15) is 5.75 Å². The lowest BCUT2D eigenvalue weighted by Gasteiger charge is -2.10. The summed E-state index contributed by atoms with van der Waals surface area (Å²) in [5.41, 5.74) is 4.47. The van der Waals surface area contributed by atoms with Crippen molar-refractivity contribution in [3.63, 3.8) is 0 Å². The second kappa shape index (κ2) is 4.74. The Labute approximate surface area is 130 Å². The fourth-order valence-electron chi connectivity index (χ4n) is 2.73. The van der Waals surface area contributed by atoms with Crippen molar-refractivity contribution in [1.82, 2.24) is 4.98 Å². The van der Waals surface area contributed by atoms with Crippen LogP contribution in [0.4, 0.5) is 0 Å². The number of fused-ring (bicyclic) bond motifs is 3. The predicted molar refractivity (Wildman–Crippen MR) is 89.1 cm³/mol. The van der Waals surface area contributed by atoms with E-state index in [2.05, 4.69) is 65.1 Å². The van der Waals surface area contributed by atoms with E-state index in [1.807, 2.05) is 6.07 Å². The van der Waals surface area contributed by atoms with Crippen molar-refractivity contribution in [2.45, 2.75) is 6.42 Å². The molecule has 0 fully saturated rings. The molecule has 98 valence electrons. The van der Waals surface area contributed by atoms with E-state index in [9.17, 15) is 0 Å². The zero-order valence-corrected chi connectivity index (χ0v) is 12.9. The molecule has 1 aliphatic rings. The van der Waals surface area contributed by atoms with Gasteiger partial charge in [-0.15, -0.1) is 0 Å². The summed E-state index contributed by atoms with van der Waals surface area (Å²) >= 11 is 2.33. The topological polar surface area (TPSA) is 22.1 Å². The van der Waals surface area contributed by atoms with Gasteiger partial charge in [0.2, 0.25) is 0 Å². The molecule has 20 heavy (non-hydrogen) atoms. The Morgan fingerprint density at radius 2 is 1.90 bits per heavy atom. The summed E-state index contributed by atoms with van der Waals surface area (Å²) < 4.78 is 7.10. The number of halogens is 1. The van der Waals surface area contributed by atoms with E-state index in [1.165, 1.54) is 9.13 Å². The van der Waals surface area contributed by atoms with Gasteiger partial charge in [-0.05, 0) is 40.8 Å². The second-order valence-electron chi connectivity index (χ2n) is 4.89. The minimum absolute atomic E-state index is 0.751. The van der Waals surface area contributed by atoms with Gasteiger partial charge in [-0.25, -0.2) is 4.98 Å². The molecular weight excluding hydrogens is 361 g/mol. The summed E-state index contributed by atoms with van der Waals surface area (Å²) in [6, 6.07) is 16.7. The Morgan fingerprint density at radius 1 is 1.05 bits per heavy atom. The summed E-state index contributed by atoms with van der Waals surface area (Å²) in [5.74, 6) is 1.02. The SMILES string of the molecule is Ic1ccc2nc(-c3ccccc3)c3c(c2c1)OCC3. The molecule has 0 saturated carbocycles. The lowest BCUT2D eigenvalue weighted by Crippen LogP contribution is -1.92. The largest absolute Gasteiger partial charge is 0.492 e. The third-order valence-electron chi connectivity index (χ3n) is 3.64. The minimum atomic E-state index is 0.751. The Morgan fingerprint density at radius 3 is 2.75 bits per heavy atom. The molecule has 3 aromatic rings. The van der Waals surface area contributed by atoms with Crippen LogP contribution >= 0.6 is 22.6 Å². The molecule has 2 nitrogen and oxygen atoms in total. The van der Waals surface area contributed by atoms with Gasteiger partial charge in [-0.2, -0.15) is 0 Å². The van der Waals surface area contributed by atoms with E-state index in [1.54, 1.807) is 0 Å². The van der Waals surface area contributed by atoms with E-state index >= 15 is 0 Å². The van der Waals surface area contributed by atoms with Crippen LogP contribution in [0.2, 0.25) is 0 Å². The Kier molecular flexibility index (Phi) is 2.88. The van der Waals surface area contributed by atoms with Gasteiger partial charge in [0, 0.05) is 26.5 Å². The van der Waals surface area contributed by atoms with E-state index in [0.717, 1.165) is 40.9 Å². The minimum Gasteiger partial charge on any atom is -0.492 e. The molecule has 1 aliphatic heterocycles. The Hall–Kier alpha value is -1.62. The van der Waals surface area contributed by atoms with Crippen LogP contribution in [0.15, 0.2) is 48.5 Å². The van der Waals surface area contributed by atoms with Crippen LogP contribution in [0.25, 0.3) is 22.2 Å². The highest BCUT2D eigenvalue weighted by atomic mass is 127. The monoisotopic (exact) mass is 373 g/mol. The van der Waals surface area contributed by atoms with E-state index in [-0.39, 0.29) is 0 Å². The Bertz CT molecular complexity index is 799. The smallest absolute Gasteiger partial charge is 0.134 e. The fourth-order valence-corrected chi connectivity index (χ4v) is 3.22. The van der Waals surface area contributed by atoms with Gasteiger partial charge < -0.3 is 4.74 Å². The summed E-state index contributed by atoms with van der Waals surface area (Å²) in [7, 11) is 0. The first-order valence-electron chi connectivity index (χ1n) is 6.63. The maximum Gasteiger partial charge on any atom is 0.134 e. The number of benzene rings is 2. The summed E-state index contributed by atoms with van der Waals surface area (Å²) in [5, 5.41) is 1.13. The number of ether oxygens (including phenoxy) is 1. The molecule has 1 aromatic heterocycles. The maximum atomic E-state index is 5.89. The number of hydrogen-bond donors (Lipinski definition) is 0. The zero-order chi connectivity index (χ0) is 13.5. The van der Waals surface area contributed by atoms with Crippen molar-refractivity contribution in [3.05, 3.63) is 57.7 Å². The van der Waals surface area contributed by atoms with Gasteiger partial charge in [0.15, 0.2) is 0 Å². The predicted octanol–water partition coefficient (Wildman–Crippen LogP) is 4.44. The molecule has 0 spiro atoms. The molecule has 0 amide bonds. The maximum absolute atomic E-state index is 5.89. The quantitative estimate of drug-likeness (QED) is 0.589. The highest BCUT2D eigenvalue weighted by molar-refractivity contribution is 14.1. The van der Waals surface area contributed by atoms with Crippen molar-refractivity contribution in [2.75, 3.05) is 6.61 Å². The van der Waals surface area contributed by atoms with Crippen LogP contribution in [0.3, 0.4) is 0 Å². The highest BCUT2D eigenvalue weighted by Gasteiger charge is 2.22. The molecular formula is C17H12INO. The van der Waals surface area contributed by atoms with Crippen LogP contribution in [0.1, 0.15) is 5.56 Å². The van der Waals surface area contributed by atoms with Gasteiger partial charge >= 0.3 is 0 Å². The average Bonchev–Trinajstić information content (AvgIpc) is 2.97. The molecule has 3 heteroatoms. The van der Waals surface area contributed by atoms with Gasteiger partial charge in [0.05, 0.1) is 17.8 Å². The fraction of sp³-hybridized carbons (Fsp3) is 0.118. The first kappa shape index (κ1) is 12.1. The molecule has 4 rings (SSSR count). The van der Waals surface area contributed by atoms with Crippen LogP contribution in [0.5, 0.6) is 5.75 Å². The first-order valence-corrected chi connectivity index (χ1v) is 7.71. The third kappa shape index (κ3) is 1.88. The molecule has 0 N–H and O–H groups in total. The van der Waals surface area contributed by atoms with Crippen LogP contribution in [-0.2, 0) is 6.42 Å². The first-order chi connectivity index (χ1) is 9.83. The van der Waals surface area contributed by atoms with Crippen molar-refractivity contribution in [3.8, 4) is 17.0 Å². The van der Waals surface area contributed by atoms with E-state index < -0.39 is 0 Å². The molecule has 2 heterocycles. The normalized spacial score (nSPS) is 13.2. The summed E-state index contributed by atoms with van der Waals surface area (Å²) in [6.07, 6.45) is 0.938. The van der Waals surface area contributed by atoms with Crippen molar-refractivity contribution in [1.29, 1.82) is 0 Å². The van der Waals surface area contributed by atoms with Crippen molar-refractivity contribution in [2.24, 2.45) is 0 Å². The second-order valence-corrected chi connectivity index (χ2v) is 6.14. The van der Waals surface area contributed by atoms with Gasteiger partial charge in [-0.1, -0.05) is 30.3 Å². The van der Waals surface area contributed by atoms with Crippen molar-refractivity contribution >= 4 is 33.5 Å². The lowest BCUT2D eigenvalue weighted by molar-refractivity contribution is 0.360. The standard InChI is InChI=1S/C17H12INO/c18-12-6-7-15-14(10-12)17-13(8-9-20-17)16(19-15)11-4-2-1-3-5-11/h1-7,10H,8-9H2. The zero-order valence-electron chi connectivity index (χ0n) is 10.8. The molecule has 0 saturated heterocycles. The lowest BCUT2D eigenvalue weighted by atomic mass is 10.0. The number of nitrogens with zero attached hydrogens (tertiary/aromatic N) is 1. The molecule has 0 radical (unpaired) electrons. The summed E-state index contributed by atoms with van der Waals surface area (Å²) in [6.45, 7) is 0.751. The average molecular weight is 373 g/mol. The van der Waals surface area contributed by atoms with E-state index in [0.29, 0.717) is 0 Å². The van der Waals surface area contributed by atoms with Gasteiger partial charge in [-0.3, -0.25) is 0 Å². The van der Waals surface area contributed by atoms with Crippen LogP contribution in [0, 0.1) is 3.57 Å².